The fraction of sp³-hybridized carbons (Fsp3) is 0.208. The minimum absolute atomic E-state index is 0.0990. The Kier molecular flexibility index (Phi) is 5.25. The molecule has 164 valence electrons. The summed E-state index contributed by atoms with van der Waals surface area (Å²) in [5, 5.41) is 0. The van der Waals surface area contributed by atoms with E-state index in [4.69, 9.17) is 9.47 Å². The first-order chi connectivity index (χ1) is 15.5. The number of fused-ring (bicyclic) bond motifs is 1. The van der Waals surface area contributed by atoms with Gasteiger partial charge in [0, 0.05) is 41.8 Å². The average Bonchev–Trinajstić information content (AvgIpc) is 3.19. The number of benzene rings is 3. The van der Waals surface area contributed by atoms with E-state index in [9.17, 15) is 18.0 Å². The van der Waals surface area contributed by atoms with E-state index in [1.54, 1.807) is 16.7 Å². The van der Waals surface area contributed by atoms with Crippen molar-refractivity contribution in [3.8, 4) is 11.5 Å². The van der Waals surface area contributed by atoms with Gasteiger partial charge in [-0.2, -0.15) is 11.8 Å². The highest BCUT2D eigenvalue weighted by atomic mass is 32.2. The second kappa shape index (κ2) is 8.09. The smallest absolute Gasteiger partial charge is 0.305 e. The van der Waals surface area contributed by atoms with Crippen LogP contribution in [0.3, 0.4) is 0 Å². The molecule has 2 aliphatic rings. The van der Waals surface area contributed by atoms with Crippen molar-refractivity contribution in [1.82, 2.24) is 4.90 Å². The maximum atomic E-state index is 14.9. The first-order valence-corrected chi connectivity index (χ1v) is 11.2. The lowest BCUT2D eigenvalue weighted by molar-refractivity contribution is -0.0460. The molecule has 0 unspecified atom stereocenters. The van der Waals surface area contributed by atoms with Crippen molar-refractivity contribution in [2.75, 3.05) is 24.6 Å². The molecule has 3 aromatic carbocycles. The van der Waals surface area contributed by atoms with Crippen molar-refractivity contribution in [3.63, 3.8) is 0 Å². The first kappa shape index (κ1) is 20.8. The highest BCUT2D eigenvalue weighted by Gasteiger charge is 2.46. The van der Waals surface area contributed by atoms with Crippen LogP contribution < -0.4 is 9.47 Å². The average molecular weight is 457 g/mol. The van der Waals surface area contributed by atoms with Crippen LogP contribution in [0.5, 0.6) is 11.5 Å². The fourth-order valence-corrected chi connectivity index (χ4v) is 4.77. The molecule has 1 fully saturated rings. The maximum Gasteiger partial charge on any atom is 0.305 e. The van der Waals surface area contributed by atoms with Gasteiger partial charge in [0.05, 0.1) is 5.56 Å². The van der Waals surface area contributed by atoms with E-state index in [2.05, 4.69) is 0 Å². The number of carbonyl (C=O) groups excluding carboxylic acids is 1. The molecule has 5 rings (SSSR count). The van der Waals surface area contributed by atoms with Gasteiger partial charge in [0.15, 0.2) is 11.5 Å². The van der Waals surface area contributed by atoms with E-state index in [1.807, 2.05) is 0 Å². The summed E-state index contributed by atoms with van der Waals surface area (Å²) in [5.74, 6) is -1.72. The van der Waals surface area contributed by atoms with Crippen molar-refractivity contribution >= 4 is 17.7 Å². The van der Waals surface area contributed by atoms with Gasteiger partial charge in [-0.1, -0.05) is 0 Å². The number of carbonyl (C=O) groups is 1. The van der Waals surface area contributed by atoms with Crippen LogP contribution in [-0.4, -0.2) is 35.4 Å². The third kappa shape index (κ3) is 3.58. The van der Waals surface area contributed by atoms with E-state index < -0.39 is 29.1 Å². The SMILES string of the molecule is O=C(c1cc2c(cc1F)OC(c1ccc(F)cc1)(c1ccc(F)cc1)O2)N1CCSCC1. The number of nitrogens with zero attached hydrogens (tertiary/aromatic N) is 1. The molecule has 32 heavy (non-hydrogen) atoms. The molecule has 1 amide bonds. The van der Waals surface area contributed by atoms with Gasteiger partial charge in [0.2, 0.25) is 0 Å². The van der Waals surface area contributed by atoms with Gasteiger partial charge >= 0.3 is 5.79 Å². The molecule has 0 aromatic heterocycles. The molecule has 0 atom stereocenters. The van der Waals surface area contributed by atoms with Crippen molar-refractivity contribution in [2.45, 2.75) is 5.79 Å². The molecular formula is C24H18F3NO3S. The molecule has 2 heterocycles. The molecule has 0 radical (unpaired) electrons. The summed E-state index contributed by atoms with van der Waals surface area (Å²) in [6.07, 6.45) is 0. The van der Waals surface area contributed by atoms with Crippen LogP contribution in [0.1, 0.15) is 21.5 Å². The molecule has 1 saturated heterocycles. The van der Waals surface area contributed by atoms with Crippen molar-refractivity contribution in [1.29, 1.82) is 0 Å². The summed E-state index contributed by atoms with van der Waals surface area (Å²) in [4.78, 5) is 14.5. The van der Waals surface area contributed by atoms with Crippen LogP contribution in [0.25, 0.3) is 0 Å². The molecule has 0 spiro atoms. The lowest BCUT2D eigenvalue weighted by Crippen LogP contribution is -2.38. The Morgan fingerprint density at radius 2 is 1.31 bits per heavy atom. The molecule has 2 aliphatic heterocycles. The summed E-state index contributed by atoms with van der Waals surface area (Å²) in [6.45, 7) is 1.10. The van der Waals surface area contributed by atoms with Crippen LogP contribution >= 0.6 is 11.8 Å². The fourth-order valence-electron chi connectivity index (χ4n) is 3.87. The quantitative estimate of drug-likeness (QED) is 0.557. The van der Waals surface area contributed by atoms with Gasteiger partial charge in [0.1, 0.15) is 17.5 Å². The number of amides is 1. The Labute approximate surface area is 186 Å². The Hall–Kier alpha value is -3.13. The number of halogens is 3. The Morgan fingerprint density at radius 3 is 1.84 bits per heavy atom. The Bertz CT molecular complexity index is 1120. The molecule has 0 aliphatic carbocycles. The highest BCUT2D eigenvalue weighted by Crippen LogP contribution is 2.48. The first-order valence-electron chi connectivity index (χ1n) is 10.1. The lowest BCUT2D eigenvalue weighted by atomic mass is 9.97. The number of thioether (sulfide) groups is 1. The van der Waals surface area contributed by atoms with Gasteiger partial charge in [0.25, 0.3) is 5.91 Å². The predicted molar refractivity (Wildman–Crippen MR) is 114 cm³/mol. The topological polar surface area (TPSA) is 38.8 Å². The maximum absolute atomic E-state index is 14.9. The Balaban J connectivity index is 1.56. The number of hydrogen-bond donors (Lipinski definition) is 0. The summed E-state index contributed by atoms with van der Waals surface area (Å²) >= 11 is 1.75. The molecule has 3 aromatic rings. The lowest BCUT2D eigenvalue weighted by Gasteiger charge is -2.28. The molecule has 0 N–H and O–H groups in total. The van der Waals surface area contributed by atoms with Gasteiger partial charge in [-0.25, -0.2) is 13.2 Å². The minimum Gasteiger partial charge on any atom is -0.440 e. The zero-order valence-corrected chi connectivity index (χ0v) is 17.6. The van der Waals surface area contributed by atoms with Crippen LogP contribution in [0.4, 0.5) is 13.2 Å². The monoisotopic (exact) mass is 457 g/mol. The van der Waals surface area contributed by atoms with Crippen molar-refractivity contribution in [2.24, 2.45) is 0 Å². The van der Waals surface area contributed by atoms with E-state index >= 15 is 0 Å². The van der Waals surface area contributed by atoms with Gasteiger partial charge < -0.3 is 14.4 Å². The second-order valence-electron chi connectivity index (χ2n) is 7.52. The van der Waals surface area contributed by atoms with E-state index in [0.717, 1.165) is 17.6 Å². The van der Waals surface area contributed by atoms with Crippen LogP contribution in [0.2, 0.25) is 0 Å². The van der Waals surface area contributed by atoms with Crippen molar-refractivity contribution in [3.05, 3.63) is 94.8 Å². The van der Waals surface area contributed by atoms with E-state index in [1.165, 1.54) is 54.6 Å². The molecule has 0 bridgehead atoms. The zero-order chi connectivity index (χ0) is 22.3. The number of hydrogen-bond acceptors (Lipinski definition) is 4. The third-order valence-corrected chi connectivity index (χ3v) is 6.46. The normalized spacial score (nSPS) is 16.8. The summed E-state index contributed by atoms with van der Waals surface area (Å²) in [6, 6.07) is 13.4. The van der Waals surface area contributed by atoms with Crippen LogP contribution in [0, 0.1) is 17.5 Å². The summed E-state index contributed by atoms with van der Waals surface area (Å²) < 4.78 is 54.3. The standard InChI is InChI=1S/C24H18F3NO3S/c25-17-5-1-15(2-6-17)24(16-3-7-18(26)8-4-16)30-21-13-19(20(27)14-22(21)31-24)23(29)28-9-11-32-12-10-28/h1-8,13-14H,9-12H2. The van der Waals surface area contributed by atoms with Crippen LogP contribution in [-0.2, 0) is 5.79 Å². The minimum atomic E-state index is -1.58. The highest BCUT2D eigenvalue weighted by molar-refractivity contribution is 7.99. The largest absolute Gasteiger partial charge is 0.440 e. The van der Waals surface area contributed by atoms with Gasteiger partial charge in [-0.3, -0.25) is 4.79 Å². The zero-order valence-electron chi connectivity index (χ0n) is 16.8. The molecule has 8 heteroatoms. The van der Waals surface area contributed by atoms with Crippen molar-refractivity contribution < 1.29 is 27.4 Å². The van der Waals surface area contributed by atoms with Crippen LogP contribution in [0.15, 0.2) is 60.7 Å². The van der Waals surface area contributed by atoms with Gasteiger partial charge in [-0.05, 0) is 54.6 Å². The van der Waals surface area contributed by atoms with E-state index in [0.29, 0.717) is 24.2 Å². The second-order valence-corrected chi connectivity index (χ2v) is 8.74. The predicted octanol–water partition coefficient (Wildman–Crippen LogP) is 4.97. The van der Waals surface area contributed by atoms with E-state index in [-0.39, 0.29) is 17.1 Å². The summed E-state index contributed by atoms with van der Waals surface area (Å²) in [7, 11) is 0. The number of ether oxygens (including phenoxy) is 2. The summed E-state index contributed by atoms with van der Waals surface area (Å²) in [5.41, 5.74) is 0.763. The Morgan fingerprint density at radius 1 is 0.812 bits per heavy atom. The molecule has 0 saturated carbocycles. The third-order valence-electron chi connectivity index (χ3n) is 5.52. The number of rotatable bonds is 3. The van der Waals surface area contributed by atoms with Gasteiger partial charge in [-0.15, -0.1) is 0 Å². The molecule has 4 nitrogen and oxygen atoms in total. The molecular weight excluding hydrogens is 439 g/mol.